The lowest BCUT2D eigenvalue weighted by Crippen LogP contribution is -2.29. The predicted octanol–water partition coefficient (Wildman–Crippen LogP) is 3.51. The van der Waals surface area contributed by atoms with Gasteiger partial charge in [0.25, 0.3) is 0 Å². The van der Waals surface area contributed by atoms with Crippen LogP contribution in [-0.2, 0) is 11.2 Å². The second-order valence-corrected chi connectivity index (χ2v) is 5.33. The molecule has 0 spiro atoms. The standard InChI is InChI=1S/C18H15NO/c1-12-5-4-7-13(9-12)17(11-19)18(20)16-10-14-6-2-3-8-15(14)16/h2-9,16-17H,10H2,1H3. The van der Waals surface area contributed by atoms with E-state index in [2.05, 4.69) is 6.07 Å². The van der Waals surface area contributed by atoms with Crippen molar-refractivity contribution in [3.05, 3.63) is 70.8 Å². The molecule has 2 aromatic carbocycles. The van der Waals surface area contributed by atoms with Crippen molar-refractivity contribution >= 4 is 5.78 Å². The number of Topliss-reactive ketones (excluding diaryl/α,β-unsaturated/α-hetero) is 1. The van der Waals surface area contributed by atoms with Crippen LogP contribution in [-0.4, -0.2) is 5.78 Å². The van der Waals surface area contributed by atoms with Crippen LogP contribution in [0.2, 0.25) is 0 Å². The first kappa shape index (κ1) is 12.6. The molecule has 0 N–H and O–H groups in total. The molecule has 0 saturated carbocycles. The third kappa shape index (κ3) is 2.02. The maximum absolute atomic E-state index is 12.6. The number of hydrogen-bond donors (Lipinski definition) is 0. The summed E-state index contributed by atoms with van der Waals surface area (Å²) in [4.78, 5) is 12.6. The van der Waals surface area contributed by atoms with Crippen LogP contribution in [0.25, 0.3) is 0 Å². The molecule has 0 aliphatic heterocycles. The van der Waals surface area contributed by atoms with Crippen LogP contribution < -0.4 is 0 Å². The molecular weight excluding hydrogens is 246 g/mol. The fourth-order valence-electron chi connectivity index (χ4n) is 2.87. The number of nitrogens with zero attached hydrogens (tertiary/aromatic N) is 1. The molecule has 2 aromatic rings. The van der Waals surface area contributed by atoms with E-state index >= 15 is 0 Å². The number of carbonyl (C=O) groups excluding carboxylic acids is 1. The summed E-state index contributed by atoms with van der Waals surface area (Å²) in [5, 5.41) is 9.39. The highest BCUT2D eigenvalue weighted by molar-refractivity contribution is 5.96. The minimum absolute atomic E-state index is 0.0248. The second-order valence-electron chi connectivity index (χ2n) is 5.33. The van der Waals surface area contributed by atoms with Gasteiger partial charge in [0.2, 0.25) is 0 Å². The van der Waals surface area contributed by atoms with Crippen molar-refractivity contribution in [2.75, 3.05) is 0 Å². The fraction of sp³-hybridized carbons (Fsp3) is 0.222. The molecule has 2 nitrogen and oxygen atoms in total. The monoisotopic (exact) mass is 261 g/mol. The average Bonchev–Trinajstić information content (AvgIpc) is 2.41. The summed E-state index contributed by atoms with van der Waals surface area (Å²) in [7, 11) is 0. The molecule has 2 atom stereocenters. The van der Waals surface area contributed by atoms with Crippen LogP contribution in [0.1, 0.15) is 34.1 Å². The first-order valence-corrected chi connectivity index (χ1v) is 6.78. The van der Waals surface area contributed by atoms with Crippen LogP contribution in [0.15, 0.2) is 48.5 Å². The van der Waals surface area contributed by atoms with Crippen molar-refractivity contribution in [2.24, 2.45) is 0 Å². The summed E-state index contributed by atoms with van der Waals surface area (Å²) in [6.07, 6.45) is 0.763. The Labute approximate surface area is 118 Å². The van der Waals surface area contributed by atoms with E-state index in [0.717, 1.165) is 23.1 Å². The normalized spacial score (nSPS) is 17.5. The summed E-state index contributed by atoms with van der Waals surface area (Å²) >= 11 is 0. The van der Waals surface area contributed by atoms with Gasteiger partial charge in [-0.15, -0.1) is 0 Å². The maximum Gasteiger partial charge on any atom is 0.162 e. The van der Waals surface area contributed by atoms with E-state index in [0.29, 0.717) is 0 Å². The Hall–Kier alpha value is -2.40. The number of nitriles is 1. The number of aryl methyl sites for hydroxylation is 1. The lowest BCUT2D eigenvalue weighted by molar-refractivity contribution is -0.121. The molecule has 1 aliphatic carbocycles. The SMILES string of the molecule is Cc1cccc(C(C#N)C(=O)C2Cc3ccccc32)c1. The number of fused-ring (bicyclic) bond motifs is 1. The highest BCUT2D eigenvalue weighted by Crippen LogP contribution is 2.38. The van der Waals surface area contributed by atoms with Crippen molar-refractivity contribution in [3.63, 3.8) is 0 Å². The Bertz CT molecular complexity index is 711. The van der Waals surface area contributed by atoms with E-state index in [1.54, 1.807) is 0 Å². The number of carbonyl (C=O) groups is 1. The molecule has 2 heteroatoms. The largest absolute Gasteiger partial charge is 0.297 e. The third-order valence-corrected chi connectivity index (χ3v) is 3.99. The van der Waals surface area contributed by atoms with Crippen LogP contribution in [0.5, 0.6) is 0 Å². The second kappa shape index (κ2) is 4.94. The predicted molar refractivity (Wildman–Crippen MR) is 77.4 cm³/mol. The molecule has 20 heavy (non-hydrogen) atoms. The molecule has 0 radical (unpaired) electrons. The Balaban J connectivity index is 1.89. The Morgan fingerprint density at radius 3 is 2.75 bits per heavy atom. The van der Waals surface area contributed by atoms with Gasteiger partial charge < -0.3 is 0 Å². The smallest absolute Gasteiger partial charge is 0.162 e. The van der Waals surface area contributed by atoms with Gasteiger partial charge in [0, 0.05) is 5.92 Å². The molecule has 0 fully saturated rings. The summed E-state index contributed by atoms with van der Waals surface area (Å²) in [5.41, 5.74) is 4.20. The Morgan fingerprint density at radius 1 is 1.25 bits per heavy atom. The van der Waals surface area contributed by atoms with Crippen LogP contribution in [0.3, 0.4) is 0 Å². The maximum atomic E-state index is 12.6. The summed E-state index contributed by atoms with van der Waals surface area (Å²) in [6, 6.07) is 17.8. The lowest BCUT2D eigenvalue weighted by Gasteiger charge is -2.30. The highest BCUT2D eigenvalue weighted by atomic mass is 16.1. The molecule has 0 heterocycles. The Kier molecular flexibility index (Phi) is 3.12. The van der Waals surface area contributed by atoms with E-state index in [-0.39, 0.29) is 11.7 Å². The Morgan fingerprint density at radius 2 is 2.05 bits per heavy atom. The van der Waals surface area contributed by atoms with Crippen LogP contribution >= 0.6 is 0 Å². The molecule has 0 saturated heterocycles. The summed E-state index contributed by atoms with van der Waals surface area (Å²) in [5.74, 6) is -0.749. The van der Waals surface area contributed by atoms with Gasteiger partial charge in [0.15, 0.2) is 5.78 Å². The average molecular weight is 261 g/mol. The van der Waals surface area contributed by atoms with Gasteiger partial charge in [0.05, 0.1) is 6.07 Å². The first-order valence-electron chi connectivity index (χ1n) is 6.78. The first-order chi connectivity index (χ1) is 9.70. The number of rotatable bonds is 3. The number of hydrogen-bond acceptors (Lipinski definition) is 2. The molecule has 1 aliphatic rings. The summed E-state index contributed by atoms with van der Waals surface area (Å²) < 4.78 is 0. The van der Waals surface area contributed by atoms with Crippen LogP contribution in [0.4, 0.5) is 0 Å². The number of ketones is 1. The van der Waals surface area contributed by atoms with E-state index in [1.165, 1.54) is 5.56 Å². The van der Waals surface area contributed by atoms with Crippen molar-refractivity contribution in [1.29, 1.82) is 5.26 Å². The van der Waals surface area contributed by atoms with Gasteiger partial charge in [-0.1, -0.05) is 54.1 Å². The van der Waals surface area contributed by atoms with Gasteiger partial charge in [-0.3, -0.25) is 4.79 Å². The third-order valence-electron chi connectivity index (χ3n) is 3.99. The molecule has 98 valence electrons. The fourth-order valence-corrected chi connectivity index (χ4v) is 2.87. The molecule has 3 rings (SSSR count). The van der Waals surface area contributed by atoms with Gasteiger partial charge in [-0.2, -0.15) is 5.26 Å². The molecule has 0 amide bonds. The quantitative estimate of drug-likeness (QED) is 0.848. The van der Waals surface area contributed by atoms with Crippen molar-refractivity contribution in [2.45, 2.75) is 25.2 Å². The van der Waals surface area contributed by atoms with Crippen molar-refractivity contribution in [3.8, 4) is 6.07 Å². The zero-order valence-electron chi connectivity index (χ0n) is 11.3. The van der Waals surface area contributed by atoms with Crippen molar-refractivity contribution < 1.29 is 4.79 Å². The van der Waals surface area contributed by atoms with Crippen LogP contribution in [0, 0.1) is 18.3 Å². The highest BCUT2D eigenvalue weighted by Gasteiger charge is 2.36. The van der Waals surface area contributed by atoms with E-state index < -0.39 is 5.92 Å². The topological polar surface area (TPSA) is 40.9 Å². The minimum Gasteiger partial charge on any atom is -0.297 e. The molecule has 0 bridgehead atoms. The van der Waals surface area contributed by atoms with E-state index in [9.17, 15) is 10.1 Å². The lowest BCUT2D eigenvalue weighted by atomic mass is 9.71. The zero-order valence-corrected chi connectivity index (χ0v) is 11.3. The van der Waals surface area contributed by atoms with Gasteiger partial charge in [0.1, 0.15) is 5.92 Å². The minimum atomic E-state index is -0.659. The van der Waals surface area contributed by atoms with Gasteiger partial charge in [-0.25, -0.2) is 0 Å². The molecular formula is C18H15NO. The van der Waals surface area contributed by atoms with Gasteiger partial charge in [-0.05, 0) is 30.0 Å². The van der Waals surface area contributed by atoms with Crippen molar-refractivity contribution in [1.82, 2.24) is 0 Å². The van der Waals surface area contributed by atoms with Gasteiger partial charge >= 0.3 is 0 Å². The molecule has 2 unspecified atom stereocenters. The number of benzene rings is 2. The molecule has 0 aromatic heterocycles. The van der Waals surface area contributed by atoms with E-state index in [1.807, 2.05) is 55.5 Å². The van der Waals surface area contributed by atoms with E-state index in [4.69, 9.17) is 0 Å². The summed E-state index contributed by atoms with van der Waals surface area (Å²) in [6.45, 7) is 1.97. The zero-order chi connectivity index (χ0) is 14.1.